The lowest BCUT2D eigenvalue weighted by molar-refractivity contribution is -0.118. The van der Waals surface area contributed by atoms with Crippen LogP contribution < -0.4 is 4.90 Å². The summed E-state index contributed by atoms with van der Waals surface area (Å²) in [6.45, 7) is 0.730. The highest BCUT2D eigenvalue weighted by molar-refractivity contribution is 6.33. The number of benzene rings is 1. The number of oxazole rings is 1. The molecule has 26 heavy (non-hydrogen) atoms. The van der Waals surface area contributed by atoms with Gasteiger partial charge in [0.05, 0.1) is 22.6 Å². The number of halogens is 1. The summed E-state index contributed by atoms with van der Waals surface area (Å²) in [5.74, 6) is 1.22. The monoisotopic (exact) mass is 367 g/mol. The van der Waals surface area contributed by atoms with Crippen molar-refractivity contribution in [1.29, 1.82) is 0 Å². The van der Waals surface area contributed by atoms with Crippen LogP contribution in [0.25, 0.3) is 11.3 Å². The van der Waals surface area contributed by atoms with Gasteiger partial charge in [0.25, 0.3) is 0 Å². The van der Waals surface area contributed by atoms with Crippen molar-refractivity contribution in [3.05, 3.63) is 65.4 Å². The van der Waals surface area contributed by atoms with E-state index >= 15 is 0 Å². The van der Waals surface area contributed by atoms with Gasteiger partial charge in [0.1, 0.15) is 0 Å². The van der Waals surface area contributed by atoms with Crippen LogP contribution in [-0.2, 0) is 17.6 Å². The van der Waals surface area contributed by atoms with Gasteiger partial charge in [-0.25, -0.2) is 4.98 Å². The fourth-order valence-electron chi connectivity index (χ4n) is 3.21. The first-order chi connectivity index (χ1) is 12.7. The second kappa shape index (κ2) is 7.30. The van der Waals surface area contributed by atoms with Crippen molar-refractivity contribution in [1.82, 2.24) is 9.97 Å². The number of fused-ring (bicyclic) bond motifs is 1. The third-order valence-corrected chi connectivity index (χ3v) is 4.83. The van der Waals surface area contributed by atoms with E-state index in [1.807, 2.05) is 41.3 Å². The quantitative estimate of drug-likeness (QED) is 0.689. The predicted molar refractivity (Wildman–Crippen MR) is 100 cm³/mol. The van der Waals surface area contributed by atoms with Crippen LogP contribution in [-0.4, -0.2) is 22.4 Å². The maximum absolute atomic E-state index is 12.7. The first-order valence-electron chi connectivity index (χ1n) is 8.66. The Balaban J connectivity index is 1.44. The molecule has 0 atom stereocenters. The molecule has 0 saturated heterocycles. The number of carbonyl (C=O) groups excluding carboxylic acids is 1. The molecule has 0 aliphatic carbocycles. The standard InChI is InChI=1S/C20H18ClN3O2/c21-15-6-2-1-5-14(15)18-13-23-19(26-18)9-10-20(25)24-12-4-7-16-17(24)8-3-11-22-16/h1-3,5-6,8,11,13H,4,7,9-10,12H2. The maximum atomic E-state index is 12.7. The molecule has 0 unspecified atom stereocenters. The van der Waals surface area contributed by atoms with Gasteiger partial charge in [-0.15, -0.1) is 0 Å². The zero-order valence-electron chi connectivity index (χ0n) is 14.2. The van der Waals surface area contributed by atoms with Crippen molar-refractivity contribution in [3.63, 3.8) is 0 Å². The molecule has 6 heteroatoms. The number of rotatable bonds is 4. The first-order valence-corrected chi connectivity index (χ1v) is 9.04. The van der Waals surface area contributed by atoms with Crippen LogP contribution in [0.5, 0.6) is 0 Å². The van der Waals surface area contributed by atoms with Crippen molar-refractivity contribution in [2.45, 2.75) is 25.7 Å². The van der Waals surface area contributed by atoms with Gasteiger partial charge in [-0.2, -0.15) is 0 Å². The van der Waals surface area contributed by atoms with Crippen LogP contribution in [0, 0.1) is 0 Å². The third kappa shape index (κ3) is 3.35. The van der Waals surface area contributed by atoms with Crippen LogP contribution in [0.3, 0.4) is 0 Å². The third-order valence-electron chi connectivity index (χ3n) is 4.50. The summed E-state index contributed by atoms with van der Waals surface area (Å²) < 4.78 is 5.78. The van der Waals surface area contributed by atoms with Crippen LogP contribution in [0.1, 0.15) is 24.4 Å². The number of aryl methyl sites for hydroxylation is 2. The van der Waals surface area contributed by atoms with Crippen LogP contribution in [0.4, 0.5) is 5.69 Å². The minimum absolute atomic E-state index is 0.0662. The van der Waals surface area contributed by atoms with Crippen LogP contribution in [0.15, 0.2) is 53.2 Å². The molecule has 3 heterocycles. The Morgan fingerprint density at radius 2 is 2.08 bits per heavy atom. The van der Waals surface area contributed by atoms with Crippen LogP contribution >= 0.6 is 11.6 Å². The molecule has 1 aromatic carbocycles. The summed E-state index contributed by atoms with van der Waals surface area (Å²) in [6, 6.07) is 11.3. The Hall–Kier alpha value is -2.66. The summed E-state index contributed by atoms with van der Waals surface area (Å²) in [4.78, 5) is 23.2. The normalized spacial score (nSPS) is 13.5. The van der Waals surface area contributed by atoms with Gasteiger partial charge in [0, 0.05) is 31.1 Å². The molecule has 1 amide bonds. The topological polar surface area (TPSA) is 59.2 Å². The Bertz CT molecular complexity index is 938. The molecule has 1 aliphatic heterocycles. The number of amides is 1. The molecule has 3 aromatic rings. The van der Waals surface area contributed by atoms with E-state index in [1.165, 1.54) is 0 Å². The van der Waals surface area contributed by atoms with Crippen molar-refractivity contribution in [3.8, 4) is 11.3 Å². The van der Waals surface area contributed by atoms with E-state index in [1.54, 1.807) is 12.4 Å². The largest absolute Gasteiger partial charge is 0.441 e. The lowest BCUT2D eigenvalue weighted by Gasteiger charge is -2.28. The molecule has 0 radical (unpaired) electrons. The highest BCUT2D eigenvalue weighted by Crippen LogP contribution is 2.29. The summed E-state index contributed by atoms with van der Waals surface area (Å²) in [5.41, 5.74) is 2.72. The van der Waals surface area contributed by atoms with Gasteiger partial charge in [0.2, 0.25) is 5.91 Å². The Morgan fingerprint density at radius 1 is 1.19 bits per heavy atom. The number of aromatic nitrogens is 2. The van der Waals surface area contributed by atoms with Crippen molar-refractivity contribution < 1.29 is 9.21 Å². The second-order valence-electron chi connectivity index (χ2n) is 6.22. The summed E-state index contributed by atoms with van der Waals surface area (Å²) in [7, 11) is 0. The molecule has 0 saturated carbocycles. The van der Waals surface area contributed by atoms with E-state index in [9.17, 15) is 4.79 Å². The van der Waals surface area contributed by atoms with E-state index < -0.39 is 0 Å². The smallest absolute Gasteiger partial charge is 0.227 e. The van der Waals surface area contributed by atoms with E-state index in [2.05, 4.69) is 9.97 Å². The van der Waals surface area contributed by atoms with Gasteiger partial charge in [-0.3, -0.25) is 9.78 Å². The maximum Gasteiger partial charge on any atom is 0.227 e. The molecular weight excluding hydrogens is 350 g/mol. The molecule has 2 aromatic heterocycles. The SMILES string of the molecule is O=C(CCc1ncc(-c2ccccc2Cl)o1)N1CCCc2ncccc21. The lowest BCUT2D eigenvalue weighted by atomic mass is 10.1. The van der Waals surface area contributed by atoms with E-state index in [4.69, 9.17) is 16.0 Å². The number of hydrogen-bond acceptors (Lipinski definition) is 4. The molecule has 0 N–H and O–H groups in total. The molecule has 0 bridgehead atoms. The van der Waals surface area contributed by atoms with E-state index in [0.29, 0.717) is 29.5 Å². The fourth-order valence-corrected chi connectivity index (χ4v) is 3.44. The van der Waals surface area contributed by atoms with E-state index in [0.717, 1.165) is 36.3 Å². The predicted octanol–water partition coefficient (Wildman–Crippen LogP) is 4.30. The number of carbonyl (C=O) groups is 1. The van der Waals surface area contributed by atoms with Crippen LogP contribution in [0.2, 0.25) is 5.02 Å². The molecule has 1 aliphatic rings. The van der Waals surface area contributed by atoms with Gasteiger partial charge >= 0.3 is 0 Å². The number of anilines is 1. The summed E-state index contributed by atoms with van der Waals surface area (Å²) in [5, 5.41) is 0.615. The Kier molecular flexibility index (Phi) is 4.71. The van der Waals surface area contributed by atoms with Crippen molar-refractivity contribution in [2.24, 2.45) is 0 Å². The van der Waals surface area contributed by atoms with Gasteiger partial charge in [-0.05, 0) is 37.1 Å². The zero-order valence-corrected chi connectivity index (χ0v) is 14.9. The van der Waals surface area contributed by atoms with Crippen molar-refractivity contribution in [2.75, 3.05) is 11.4 Å². The molecular formula is C20H18ClN3O2. The molecule has 0 fully saturated rings. The summed E-state index contributed by atoms with van der Waals surface area (Å²) in [6.07, 6.45) is 6.08. The fraction of sp³-hybridized carbons (Fsp3) is 0.250. The Morgan fingerprint density at radius 3 is 2.96 bits per heavy atom. The average Bonchev–Trinajstić information content (AvgIpc) is 3.15. The van der Waals surface area contributed by atoms with E-state index in [-0.39, 0.29) is 5.91 Å². The van der Waals surface area contributed by atoms with Gasteiger partial charge < -0.3 is 9.32 Å². The average molecular weight is 368 g/mol. The highest BCUT2D eigenvalue weighted by Gasteiger charge is 2.23. The second-order valence-corrected chi connectivity index (χ2v) is 6.62. The number of hydrogen-bond donors (Lipinski definition) is 0. The number of pyridine rings is 1. The van der Waals surface area contributed by atoms with Gasteiger partial charge in [0.15, 0.2) is 11.7 Å². The summed E-state index contributed by atoms with van der Waals surface area (Å²) >= 11 is 6.19. The molecule has 0 spiro atoms. The highest BCUT2D eigenvalue weighted by atomic mass is 35.5. The van der Waals surface area contributed by atoms with Crippen molar-refractivity contribution >= 4 is 23.2 Å². The Labute approximate surface area is 156 Å². The lowest BCUT2D eigenvalue weighted by Crippen LogP contribution is -2.35. The first kappa shape index (κ1) is 16.8. The molecule has 4 rings (SSSR count). The minimum atomic E-state index is 0.0662. The van der Waals surface area contributed by atoms with Gasteiger partial charge in [-0.1, -0.05) is 23.7 Å². The number of nitrogens with zero attached hydrogens (tertiary/aromatic N) is 3. The molecule has 5 nitrogen and oxygen atoms in total. The zero-order chi connectivity index (χ0) is 17.9. The molecule has 132 valence electrons. The minimum Gasteiger partial charge on any atom is -0.441 e.